The second-order valence-corrected chi connectivity index (χ2v) is 12.7. The molecule has 0 spiro atoms. The molecule has 1 nitrogen and oxygen atoms in total. The van der Waals surface area contributed by atoms with Crippen LogP contribution in [0.4, 0.5) is 0 Å². The Bertz CT molecular complexity index is 553. The zero-order valence-electron chi connectivity index (χ0n) is 16.6. The Morgan fingerprint density at radius 1 is 1.08 bits per heavy atom. The van der Waals surface area contributed by atoms with E-state index in [-0.39, 0.29) is 24.8 Å². The summed E-state index contributed by atoms with van der Waals surface area (Å²) in [4.78, 5) is 3.25. The van der Waals surface area contributed by atoms with Crippen LogP contribution in [0.2, 0.25) is 18.1 Å². The van der Waals surface area contributed by atoms with E-state index in [1.165, 1.54) is 10.8 Å². The molecular weight excluding hydrogens is 403 g/mol. The first-order chi connectivity index (χ1) is 10.5. The number of aromatic hydroxyl groups is 1. The number of halogens is 2. The van der Waals surface area contributed by atoms with Crippen LogP contribution in [-0.4, -0.2) is 18.0 Å². The van der Waals surface area contributed by atoms with Crippen LogP contribution in [0.15, 0.2) is 35.9 Å². The van der Waals surface area contributed by atoms with Gasteiger partial charge in [0.05, 0.1) is 8.07 Å². The van der Waals surface area contributed by atoms with Gasteiger partial charge in [-0.1, -0.05) is 52.0 Å². The maximum absolute atomic E-state index is 9.65. The average Bonchev–Trinajstić information content (AvgIpc) is 2.90. The van der Waals surface area contributed by atoms with Crippen LogP contribution in [0.1, 0.15) is 39.7 Å². The predicted molar refractivity (Wildman–Crippen MR) is 117 cm³/mol. The summed E-state index contributed by atoms with van der Waals surface area (Å²) in [6, 6.07) is 5.97. The summed E-state index contributed by atoms with van der Waals surface area (Å²) < 4.78 is 0. The molecule has 1 aromatic carbocycles. The van der Waals surface area contributed by atoms with Crippen molar-refractivity contribution in [1.29, 1.82) is 0 Å². The molecule has 1 N–H and O–H groups in total. The molecule has 0 radical (unpaired) electrons. The molecule has 0 saturated carbocycles. The third-order valence-corrected chi connectivity index (χ3v) is 10.0. The van der Waals surface area contributed by atoms with E-state index >= 15 is 0 Å². The van der Waals surface area contributed by atoms with Gasteiger partial charge in [-0.3, -0.25) is 6.08 Å². The van der Waals surface area contributed by atoms with Crippen molar-refractivity contribution in [3.05, 3.63) is 47.6 Å². The van der Waals surface area contributed by atoms with Gasteiger partial charge in [-0.15, -0.1) is 31.2 Å². The summed E-state index contributed by atoms with van der Waals surface area (Å²) in [5.41, 5.74) is 2.42. The first-order valence-corrected chi connectivity index (χ1v) is 12.0. The van der Waals surface area contributed by atoms with Gasteiger partial charge in [0.1, 0.15) is 5.75 Å². The number of aryl methyl sites for hydroxylation is 1. The van der Waals surface area contributed by atoms with Crippen LogP contribution >= 0.6 is 24.8 Å². The minimum absolute atomic E-state index is 0. The second-order valence-electron chi connectivity index (χ2n) is 7.40. The molecule has 141 valence electrons. The molecule has 0 atom stereocenters. The first-order valence-electron chi connectivity index (χ1n) is 7.94. The molecule has 0 bridgehead atoms. The summed E-state index contributed by atoms with van der Waals surface area (Å²) >= 11 is 1.75. The van der Waals surface area contributed by atoms with Gasteiger partial charge in [0.2, 0.25) is 0 Å². The van der Waals surface area contributed by atoms with E-state index in [2.05, 4.69) is 69.9 Å². The molecule has 0 aromatic heterocycles. The quantitative estimate of drug-likeness (QED) is 0.428. The molecule has 1 aliphatic carbocycles. The molecule has 1 aromatic rings. The summed E-state index contributed by atoms with van der Waals surface area (Å²) in [7, 11) is -1.50. The van der Waals surface area contributed by atoms with Crippen LogP contribution in [0.25, 0.3) is 0 Å². The van der Waals surface area contributed by atoms with Crippen molar-refractivity contribution in [2.24, 2.45) is 0 Å². The molecule has 1 aliphatic rings. The Morgan fingerprint density at radius 3 is 1.88 bits per heavy atom. The number of phenolic OH excluding ortho intramolecular Hbond substituents is 1. The van der Waals surface area contributed by atoms with Gasteiger partial charge in [0, 0.05) is 0 Å². The van der Waals surface area contributed by atoms with Crippen molar-refractivity contribution in [2.75, 3.05) is 0 Å². The third-order valence-electron chi connectivity index (χ3n) is 4.53. The number of hydrogen-bond donors (Lipinski definition) is 1. The Kier molecular flexibility index (Phi) is 15.5. The van der Waals surface area contributed by atoms with Gasteiger partial charge in [0.15, 0.2) is 0 Å². The summed E-state index contributed by atoms with van der Waals surface area (Å²) in [5, 5.41) is 11.3. The zero-order chi connectivity index (χ0) is 18.3. The molecular formula is C20H33Cl2OSiTi. The van der Waals surface area contributed by atoms with Crippen LogP contribution in [0.3, 0.4) is 0 Å². The van der Waals surface area contributed by atoms with Crippen LogP contribution < -0.4 is 5.19 Å². The topological polar surface area (TPSA) is 20.2 Å². The fraction of sp³-hybridized carbons (Fsp3) is 0.450. The Hall–Kier alpha value is -0.119. The molecule has 0 unspecified atom stereocenters. The van der Waals surface area contributed by atoms with Crippen molar-refractivity contribution >= 4 is 42.9 Å². The van der Waals surface area contributed by atoms with Gasteiger partial charge >= 0.3 is 24.8 Å². The van der Waals surface area contributed by atoms with E-state index in [9.17, 15) is 5.11 Å². The van der Waals surface area contributed by atoms with Crippen molar-refractivity contribution < 1.29 is 25.1 Å². The summed E-state index contributed by atoms with van der Waals surface area (Å²) in [6.07, 6.45) is 8.33. The molecule has 2 rings (SSSR count). The van der Waals surface area contributed by atoms with Crippen molar-refractivity contribution in [3.8, 4) is 5.75 Å². The van der Waals surface area contributed by atoms with Gasteiger partial charge in [-0.25, -0.2) is 11.6 Å². The van der Waals surface area contributed by atoms with Crippen LogP contribution in [0, 0.1) is 13.0 Å². The number of hydrogen-bond acceptors (Lipinski definition) is 1. The average molecular weight is 436 g/mol. The fourth-order valence-electron chi connectivity index (χ4n) is 2.07. The van der Waals surface area contributed by atoms with Gasteiger partial charge < -0.3 is 5.11 Å². The summed E-state index contributed by atoms with van der Waals surface area (Å²) in [6.45, 7) is 15.7. The van der Waals surface area contributed by atoms with E-state index in [1.54, 1.807) is 20.0 Å². The van der Waals surface area contributed by atoms with E-state index in [1.807, 2.05) is 19.1 Å². The molecule has 25 heavy (non-hydrogen) atoms. The normalized spacial score (nSPS) is 12.4. The zero-order valence-corrected chi connectivity index (χ0v) is 20.8. The van der Waals surface area contributed by atoms with E-state index < -0.39 is 8.07 Å². The second kappa shape index (κ2) is 13.1. The fourth-order valence-corrected chi connectivity index (χ4v) is 4.03. The maximum atomic E-state index is 9.65. The van der Waals surface area contributed by atoms with Gasteiger partial charge in [-0.05, 0) is 29.7 Å². The summed E-state index contributed by atoms with van der Waals surface area (Å²) in [5.74, 6) is 0.398. The SMILES string of the molecule is CC1=[C-]CC=C1.Cc1cc(O)cc([Si](C)(C)C(C)(C)C)c1.Cl.Cl.[CH2]=[Ti+]. The van der Waals surface area contributed by atoms with E-state index in [0.717, 1.165) is 12.0 Å². The number of rotatable bonds is 1. The Labute approximate surface area is 179 Å². The van der Waals surface area contributed by atoms with Crippen LogP contribution in [-0.2, 0) is 20.0 Å². The molecule has 0 amide bonds. The number of allylic oxidation sites excluding steroid dienone is 4. The monoisotopic (exact) mass is 435 g/mol. The molecule has 5 heteroatoms. The predicted octanol–water partition coefficient (Wildman–Crippen LogP) is 5.92. The van der Waals surface area contributed by atoms with Crippen LogP contribution in [0.5, 0.6) is 5.75 Å². The van der Waals surface area contributed by atoms with Crippen molar-refractivity contribution in [1.82, 2.24) is 0 Å². The van der Waals surface area contributed by atoms with Crippen molar-refractivity contribution in [2.45, 2.75) is 59.2 Å². The first kappa shape index (κ1) is 29.6. The Morgan fingerprint density at radius 2 is 1.60 bits per heavy atom. The minimum atomic E-state index is -1.50. The standard InChI is InChI=1S/C13H22OSi.C6H7.CH2.2ClH.Ti/c1-10-7-11(14)9-12(8-10)15(5,6)13(2,3)4;1-6-4-2-3-5-6;;;;/h7-9,14H,1-6H3;2,4H,3H2,1H3;1H2;2*1H;/q;-1;;;;+1. The van der Waals surface area contributed by atoms with Gasteiger partial charge in [0.25, 0.3) is 0 Å². The van der Waals surface area contributed by atoms with E-state index in [4.69, 9.17) is 0 Å². The number of benzene rings is 1. The Balaban J connectivity index is -0.000000409. The molecule has 0 fully saturated rings. The van der Waals surface area contributed by atoms with E-state index in [0.29, 0.717) is 10.8 Å². The van der Waals surface area contributed by atoms with Crippen molar-refractivity contribution in [3.63, 3.8) is 0 Å². The molecule has 0 aliphatic heterocycles. The number of phenols is 1. The molecule has 0 heterocycles. The van der Waals surface area contributed by atoms with Gasteiger partial charge in [-0.2, -0.15) is 6.08 Å². The molecule has 0 saturated heterocycles. The third kappa shape index (κ3) is 9.96.